The molecule has 232 valence electrons. The van der Waals surface area contributed by atoms with E-state index < -0.39 is 23.9 Å². The Morgan fingerprint density at radius 2 is 1.21 bits per heavy atom. The number of hydrogen-bond acceptors (Lipinski definition) is 11. The summed E-state index contributed by atoms with van der Waals surface area (Å²) in [6.45, 7) is 3.05. The van der Waals surface area contributed by atoms with Crippen molar-refractivity contribution in [3.63, 3.8) is 0 Å². The first-order chi connectivity index (χ1) is 19.9. The van der Waals surface area contributed by atoms with Gasteiger partial charge < -0.3 is 45.0 Å². The number of aliphatic hydroxyl groups is 2. The van der Waals surface area contributed by atoms with Gasteiger partial charge in [-0.25, -0.2) is 19.2 Å². The quantitative estimate of drug-likeness (QED) is 0.156. The third-order valence-electron chi connectivity index (χ3n) is 5.17. The molecular weight excluding hydrogens is 558 g/mol. The Morgan fingerprint density at radius 3 is 1.62 bits per heavy atom. The second-order valence-corrected chi connectivity index (χ2v) is 8.14. The van der Waals surface area contributed by atoms with Crippen molar-refractivity contribution >= 4 is 40.5 Å². The molecule has 0 fully saturated rings. The topological polar surface area (TPSA) is 227 Å². The molecule has 2 aromatic rings. The molecule has 1 aromatic carbocycles. The van der Waals surface area contributed by atoms with Crippen LogP contribution in [0.15, 0.2) is 48.7 Å². The van der Waals surface area contributed by atoms with Crippen molar-refractivity contribution in [2.45, 2.75) is 6.42 Å². The van der Waals surface area contributed by atoms with Gasteiger partial charge in [-0.15, -0.1) is 0 Å². The summed E-state index contributed by atoms with van der Waals surface area (Å²) >= 11 is 0. The highest BCUT2D eigenvalue weighted by molar-refractivity contribution is 5.94. The second kappa shape index (κ2) is 21.1. The van der Waals surface area contributed by atoms with Crippen LogP contribution >= 0.6 is 0 Å². The first-order valence-electron chi connectivity index (χ1n) is 12.3. The van der Waals surface area contributed by atoms with E-state index in [9.17, 15) is 19.2 Å². The van der Waals surface area contributed by atoms with Gasteiger partial charge in [0.05, 0.1) is 33.0 Å². The van der Waals surface area contributed by atoms with E-state index in [2.05, 4.69) is 14.8 Å². The number of ether oxygens (including phenoxy) is 2. The fourth-order valence-corrected chi connectivity index (χ4v) is 3.35. The number of aliphatic hydroxyl groups excluding tert-OH is 2. The number of hydrogen-bond donors (Lipinski definition) is 6. The first kappa shape index (κ1) is 37.3. The Kier molecular flexibility index (Phi) is 18.7. The summed E-state index contributed by atoms with van der Waals surface area (Å²) in [5.74, 6) is -3.68. The number of aliphatic carboxylic acids is 4. The molecule has 6 N–H and O–H groups in total. The summed E-state index contributed by atoms with van der Waals surface area (Å²) in [5.41, 5.74) is 1.93. The third-order valence-corrected chi connectivity index (χ3v) is 5.17. The van der Waals surface area contributed by atoms with Crippen LogP contribution in [0.4, 0.5) is 5.69 Å². The molecule has 0 saturated carbocycles. The zero-order chi connectivity index (χ0) is 32.1. The van der Waals surface area contributed by atoms with Crippen molar-refractivity contribution in [1.29, 1.82) is 0 Å². The molecule has 1 heterocycles. The Balaban J connectivity index is 0.000000861. The van der Waals surface area contributed by atoms with Gasteiger partial charge in [0.2, 0.25) is 0 Å². The minimum Gasteiger partial charge on any atom is -0.493 e. The Morgan fingerprint density at radius 1 is 0.762 bits per heavy atom. The highest BCUT2D eigenvalue weighted by Crippen LogP contribution is 2.35. The summed E-state index contributed by atoms with van der Waals surface area (Å²) in [4.78, 5) is 46.9. The summed E-state index contributed by atoms with van der Waals surface area (Å²) in [6.07, 6.45) is 4.95. The number of carbonyl (C=O) groups is 4. The molecule has 0 spiro atoms. The van der Waals surface area contributed by atoms with Gasteiger partial charge in [-0.2, -0.15) is 0 Å². The minimum absolute atomic E-state index is 0.104. The van der Waals surface area contributed by atoms with E-state index in [4.69, 9.17) is 40.1 Å². The van der Waals surface area contributed by atoms with Gasteiger partial charge in [0.15, 0.2) is 11.5 Å². The maximum absolute atomic E-state index is 9.55. The Labute approximate surface area is 242 Å². The number of methoxy groups -OCH3 is 2. The summed E-state index contributed by atoms with van der Waals surface area (Å²) in [5, 5.41) is 50.5. The highest BCUT2D eigenvalue weighted by atomic mass is 16.5. The Bertz CT molecular complexity index is 1140. The van der Waals surface area contributed by atoms with Crippen LogP contribution in [0.1, 0.15) is 6.42 Å². The van der Waals surface area contributed by atoms with Crippen LogP contribution in [0.5, 0.6) is 11.5 Å². The molecule has 2 rings (SSSR count). The fraction of sp³-hybridized carbons (Fsp3) is 0.370. The fourth-order valence-electron chi connectivity index (χ4n) is 3.35. The lowest BCUT2D eigenvalue weighted by Gasteiger charge is -2.24. The van der Waals surface area contributed by atoms with Crippen LogP contribution in [-0.2, 0) is 19.2 Å². The molecule has 0 atom stereocenters. The molecule has 0 aliphatic carbocycles. The maximum atomic E-state index is 9.55. The Hall–Kier alpha value is -4.73. The van der Waals surface area contributed by atoms with Crippen LogP contribution in [0.25, 0.3) is 10.9 Å². The average molecular weight is 596 g/mol. The average Bonchev–Trinajstić information content (AvgIpc) is 2.94. The number of carboxylic acid groups (broad SMARTS) is 4. The van der Waals surface area contributed by atoms with Gasteiger partial charge in [-0.3, -0.25) is 9.88 Å². The largest absolute Gasteiger partial charge is 0.493 e. The van der Waals surface area contributed by atoms with Crippen LogP contribution in [0.2, 0.25) is 0 Å². The van der Waals surface area contributed by atoms with E-state index in [0.29, 0.717) is 48.9 Å². The van der Waals surface area contributed by atoms with E-state index in [1.54, 1.807) is 20.4 Å². The van der Waals surface area contributed by atoms with Gasteiger partial charge in [0, 0.05) is 80.9 Å². The summed E-state index contributed by atoms with van der Waals surface area (Å²) in [6, 6.07) is 5.83. The van der Waals surface area contributed by atoms with Gasteiger partial charge in [0.25, 0.3) is 0 Å². The molecule has 0 aliphatic rings. The normalized spacial score (nSPS) is 10.5. The van der Waals surface area contributed by atoms with Gasteiger partial charge in [0.1, 0.15) is 0 Å². The monoisotopic (exact) mass is 595 g/mol. The van der Waals surface area contributed by atoms with Crippen molar-refractivity contribution in [2.75, 3.05) is 65.6 Å². The molecule has 0 amide bonds. The third kappa shape index (κ3) is 15.8. The van der Waals surface area contributed by atoms with E-state index in [-0.39, 0.29) is 13.2 Å². The number of pyridine rings is 1. The number of aromatic nitrogens is 1. The van der Waals surface area contributed by atoms with Gasteiger partial charge in [-0.1, -0.05) is 0 Å². The van der Waals surface area contributed by atoms with Crippen LogP contribution in [-0.4, -0.2) is 125 Å². The molecule has 15 nitrogen and oxygen atoms in total. The standard InChI is InChI=1S/C19H29N3O4.2C4H4O4/c1-21(7-4-8-22(9-11-23)10-12-24)17-5-6-20-16-14-19(26-3)18(25-2)13-15(16)17;2*5-3(6)1-2-4(7)8/h5-6,13-14,23-24H,4,7-12H2,1-3H3;2*1-2H,(H,5,6)(H,7,8). The molecule has 0 saturated heterocycles. The predicted octanol–water partition coefficient (Wildman–Crippen LogP) is 0.789. The number of carboxylic acids is 4. The lowest BCUT2D eigenvalue weighted by atomic mass is 10.1. The van der Waals surface area contributed by atoms with Gasteiger partial charge >= 0.3 is 23.9 Å². The zero-order valence-corrected chi connectivity index (χ0v) is 23.5. The highest BCUT2D eigenvalue weighted by Gasteiger charge is 2.13. The number of benzene rings is 1. The van der Waals surface area contributed by atoms with E-state index in [1.165, 1.54) is 0 Å². The van der Waals surface area contributed by atoms with Crippen LogP contribution in [0, 0.1) is 0 Å². The van der Waals surface area contributed by atoms with Crippen molar-refractivity contribution < 1.29 is 59.3 Å². The molecule has 0 aliphatic heterocycles. The minimum atomic E-state index is -1.26. The molecule has 0 unspecified atom stereocenters. The number of rotatable bonds is 15. The summed E-state index contributed by atoms with van der Waals surface area (Å²) in [7, 11) is 5.29. The van der Waals surface area contributed by atoms with Crippen LogP contribution < -0.4 is 14.4 Å². The molecule has 0 radical (unpaired) electrons. The van der Waals surface area contributed by atoms with Crippen molar-refractivity contribution in [3.8, 4) is 11.5 Å². The smallest absolute Gasteiger partial charge is 0.328 e. The second-order valence-electron chi connectivity index (χ2n) is 8.14. The summed E-state index contributed by atoms with van der Waals surface area (Å²) < 4.78 is 10.8. The maximum Gasteiger partial charge on any atom is 0.328 e. The molecule has 0 bridgehead atoms. The number of fused-ring (bicyclic) bond motifs is 1. The molecule has 1 aromatic heterocycles. The molecular formula is C27H37N3O12. The number of anilines is 1. The lowest BCUT2D eigenvalue weighted by Crippen LogP contribution is -2.32. The number of nitrogens with zero attached hydrogens (tertiary/aromatic N) is 3. The van der Waals surface area contributed by atoms with Crippen molar-refractivity contribution in [3.05, 3.63) is 48.7 Å². The van der Waals surface area contributed by atoms with Crippen molar-refractivity contribution in [1.82, 2.24) is 9.88 Å². The predicted molar refractivity (Wildman–Crippen MR) is 152 cm³/mol. The van der Waals surface area contributed by atoms with E-state index in [1.807, 2.05) is 25.2 Å². The van der Waals surface area contributed by atoms with E-state index in [0.717, 1.165) is 36.1 Å². The zero-order valence-electron chi connectivity index (χ0n) is 23.5. The SMILES string of the molecule is COc1cc2nccc(N(C)CCCN(CCO)CCO)c2cc1OC.O=C(O)C=CC(=O)O.O=C(O)C=CC(=O)O. The van der Waals surface area contributed by atoms with E-state index >= 15 is 0 Å². The molecule has 15 heteroatoms. The first-order valence-corrected chi connectivity index (χ1v) is 12.3. The van der Waals surface area contributed by atoms with Gasteiger partial charge in [-0.05, 0) is 18.6 Å². The lowest BCUT2D eigenvalue weighted by molar-refractivity contribution is -0.134. The molecule has 42 heavy (non-hydrogen) atoms. The van der Waals surface area contributed by atoms with Crippen molar-refractivity contribution in [2.24, 2.45) is 0 Å². The van der Waals surface area contributed by atoms with Crippen LogP contribution in [0.3, 0.4) is 0 Å².